The van der Waals surface area contributed by atoms with Crippen molar-refractivity contribution in [3.05, 3.63) is 59.7 Å². The smallest absolute Gasteiger partial charge is 0.364 e. The summed E-state index contributed by atoms with van der Waals surface area (Å²) in [6.07, 6.45) is 0. The number of rotatable bonds is 3. The van der Waals surface area contributed by atoms with E-state index in [4.69, 9.17) is 9.15 Å². The Labute approximate surface area is 125 Å². The van der Waals surface area contributed by atoms with Crippen molar-refractivity contribution in [2.24, 2.45) is 0 Å². The zero-order valence-electron chi connectivity index (χ0n) is 12.6. The minimum atomic E-state index is 0.639. The first-order valence-corrected chi connectivity index (χ1v) is 7.25. The van der Waals surface area contributed by atoms with Crippen LogP contribution in [0.2, 0.25) is 0 Å². The number of hydrogen-bond donors (Lipinski definition) is 0. The monoisotopic (exact) mass is 279 g/mol. The number of aryl methyl sites for hydroxylation is 2. The fourth-order valence-electron chi connectivity index (χ4n) is 2.43. The van der Waals surface area contributed by atoms with Crippen LogP contribution in [-0.4, -0.2) is 6.61 Å². The number of hydrogen-bond acceptors (Lipinski definition) is 1. The van der Waals surface area contributed by atoms with Crippen molar-refractivity contribution < 1.29 is 9.15 Å². The van der Waals surface area contributed by atoms with Crippen molar-refractivity contribution in [2.45, 2.75) is 20.8 Å². The predicted octanol–water partition coefficient (Wildman–Crippen LogP) is 5.40. The Morgan fingerprint density at radius 2 is 1.67 bits per heavy atom. The van der Waals surface area contributed by atoms with E-state index in [0.29, 0.717) is 6.61 Å². The minimum Gasteiger partial charge on any atom is -0.493 e. The Morgan fingerprint density at radius 1 is 0.952 bits per heavy atom. The Kier molecular flexibility index (Phi) is 3.61. The molecule has 0 saturated carbocycles. The zero-order valence-corrected chi connectivity index (χ0v) is 12.6. The highest BCUT2D eigenvalue weighted by Crippen LogP contribution is 2.34. The normalized spacial score (nSPS) is 10.8. The summed E-state index contributed by atoms with van der Waals surface area (Å²) in [6.45, 7) is 6.84. The summed E-state index contributed by atoms with van der Waals surface area (Å²) in [4.78, 5) is 0. The molecule has 0 bridgehead atoms. The molecule has 0 spiro atoms. The van der Waals surface area contributed by atoms with Crippen molar-refractivity contribution in [1.29, 1.82) is 0 Å². The lowest BCUT2D eigenvalue weighted by atomic mass is 10.1. The van der Waals surface area contributed by atoms with Crippen molar-refractivity contribution in [2.75, 3.05) is 6.61 Å². The van der Waals surface area contributed by atoms with Gasteiger partial charge in [0.25, 0.3) is 0 Å². The third-order valence-electron chi connectivity index (χ3n) is 3.70. The lowest BCUT2D eigenvalue weighted by Gasteiger charge is -2.06. The van der Waals surface area contributed by atoms with Crippen LogP contribution in [-0.2, 0) is 0 Å². The van der Waals surface area contributed by atoms with Gasteiger partial charge in [-0.2, -0.15) is 0 Å². The first kappa shape index (κ1) is 13.6. The average Bonchev–Trinajstić information content (AvgIpc) is 2.50. The summed E-state index contributed by atoms with van der Waals surface area (Å²) in [6, 6.07) is 16.3. The van der Waals surface area contributed by atoms with Crippen LogP contribution in [0.1, 0.15) is 18.1 Å². The fraction of sp³-hybridized carbons (Fsp3) is 0.211. The molecule has 2 heteroatoms. The van der Waals surface area contributed by atoms with Gasteiger partial charge in [0.05, 0.1) is 18.2 Å². The van der Waals surface area contributed by atoms with Gasteiger partial charge in [-0.15, -0.1) is 0 Å². The molecule has 106 valence electrons. The van der Waals surface area contributed by atoms with Gasteiger partial charge in [-0.3, -0.25) is 0 Å². The summed E-state index contributed by atoms with van der Waals surface area (Å²) in [7, 11) is 0. The average molecular weight is 279 g/mol. The molecule has 0 fully saturated rings. The van der Waals surface area contributed by atoms with E-state index in [0.717, 1.165) is 28.0 Å². The lowest BCUT2D eigenvalue weighted by molar-refractivity contribution is 0.342. The van der Waals surface area contributed by atoms with E-state index in [1.807, 2.05) is 43.3 Å². The number of ether oxygens (including phenoxy) is 1. The summed E-state index contributed by atoms with van der Waals surface area (Å²) < 4.78 is 11.9. The van der Waals surface area contributed by atoms with Gasteiger partial charge < -0.3 is 4.74 Å². The van der Waals surface area contributed by atoms with Gasteiger partial charge in [0.2, 0.25) is 0 Å². The van der Waals surface area contributed by atoms with Gasteiger partial charge in [0.15, 0.2) is 0 Å². The van der Waals surface area contributed by atoms with E-state index in [9.17, 15) is 0 Å². The topological polar surface area (TPSA) is 20.5 Å². The molecule has 2 aromatic carbocycles. The van der Waals surface area contributed by atoms with Crippen LogP contribution in [0.25, 0.3) is 22.3 Å². The highest BCUT2D eigenvalue weighted by molar-refractivity contribution is 5.87. The molecular formula is C19H19O2+. The number of benzene rings is 2. The maximum Gasteiger partial charge on any atom is 0.364 e. The van der Waals surface area contributed by atoms with Crippen molar-refractivity contribution in [1.82, 2.24) is 0 Å². The van der Waals surface area contributed by atoms with E-state index in [-0.39, 0.29) is 0 Å². The second kappa shape index (κ2) is 5.57. The van der Waals surface area contributed by atoms with E-state index >= 15 is 0 Å². The molecule has 21 heavy (non-hydrogen) atoms. The molecule has 0 unspecified atom stereocenters. The summed E-state index contributed by atoms with van der Waals surface area (Å²) in [5.41, 5.74) is 4.38. The first-order chi connectivity index (χ1) is 10.2. The molecule has 0 saturated heterocycles. The number of fused-ring (bicyclic) bond motifs is 1. The van der Waals surface area contributed by atoms with Crippen LogP contribution in [0.4, 0.5) is 0 Å². The fourth-order valence-corrected chi connectivity index (χ4v) is 2.43. The van der Waals surface area contributed by atoms with Crippen LogP contribution < -0.4 is 4.74 Å². The van der Waals surface area contributed by atoms with Crippen LogP contribution in [0.3, 0.4) is 0 Å². The van der Waals surface area contributed by atoms with Crippen LogP contribution in [0.5, 0.6) is 5.75 Å². The van der Waals surface area contributed by atoms with E-state index < -0.39 is 0 Å². The summed E-state index contributed by atoms with van der Waals surface area (Å²) in [5, 5.41) is 1.03. The Hall–Kier alpha value is -2.35. The molecule has 0 aliphatic rings. The van der Waals surface area contributed by atoms with E-state index in [1.165, 1.54) is 11.1 Å². The third-order valence-corrected chi connectivity index (χ3v) is 3.70. The zero-order chi connectivity index (χ0) is 14.8. The standard InChI is InChI=1S/C19H19O2/c1-4-20-18-12-17(15-8-6-5-7-9-15)21-19-11-14(3)13(2)10-16(18)19/h5-12H,4H2,1-3H3/q+1. The molecule has 0 aliphatic heterocycles. The maximum atomic E-state index is 6.09. The Balaban J connectivity index is 2.26. The Morgan fingerprint density at radius 3 is 2.38 bits per heavy atom. The lowest BCUT2D eigenvalue weighted by Crippen LogP contribution is -1.94. The molecule has 1 aromatic heterocycles. The van der Waals surface area contributed by atoms with E-state index in [2.05, 4.69) is 26.0 Å². The Bertz CT molecular complexity index is 776. The summed E-state index contributed by atoms with van der Waals surface area (Å²) >= 11 is 0. The molecule has 1 heterocycles. The summed E-state index contributed by atoms with van der Waals surface area (Å²) in [5.74, 6) is 1.70. The van der Waals surface area contributed by atoms with Crippen LogP contribution in [0, 0.1) is 13.8 Å². The maximum absolute atomic E-state index is 6.09. The van der Waals surface area contributed by atoms with Gasteiger partial charge in [0, 0.05) is 6.07 Å². The second-order valence-corrected chi connectivity index (χ2v) is 5.21. The van der Waals surface area contributed by atoms with Gasteiger partial charge in [-0.25, -0.2) is 4.42 Å². The SMILES string of the molecule is CCOc1cc(-c2ccccc2)[o+]c2cc(C)c(C)cc12. The first-order valence-electron chi connectivity index (χ1n) is 7.25. The predicted molar refractivity (Wildman–Crippen MR) is 86.7 cm³/mol. The molecule has 3 aromatic rings. The van der Waals surface area contributed by atoms with Crippen LogP contribution >= 0.6 is 0 Å². The molecule has 3 rings (SSSR count). The van der Waals surface area contributed by atoms with Crippen LogP contribution in [0.15, 0.2) is 52.9 Å². The molecule has 0 amide bonds. The third kappa shape index (κ3) is 2.62. The highest BCUT2D eigenvalue weighted by Gasteiger charge is 2.20. The molecular weight excluding hydrogens is 260 g/mol. The quantitative estimate of drug-likeness (QED) is 0.599. The molecule has 0 atom stereocenters. The largest absolute Gasteiger partial charge is 0.493 e. The van der Waals surface area contributed by atoms with Gasteiger partial charge in [0.1, 0.15) is 11.1 Å². The van der Waals surface area contributed by atoms with Gasteiger partial charge >= 0.3 is 11.3 Å². The second-order valence-electron chi connectivity index (χ2n) is 5.21. The van der Waals surface area contributed by atoms with Crippen molar-refractivity contribution >= 4 is 11.0 Å². The van der Waals surface area contributed by atoms with Crippen molar-refractivity contribution in [3.63, 3.8) is 0 Å². The molecule has 0 N–H and O–H groups in total. The van der Waals surface area contributed by atoms with Crippen molar-refractivity contribution in [3.8, 4) is 17.1 Å². The molecule has 0 radical (unpaired) electrons. The van der Waals surface area contributed by atoms with E-state index in [1.54, 1.807) is 0 Å². The minimum absolute atomic E-state index is 0.639. The van der Waals surface area contributed by atoms with Gasteiger partial charge in [-0.1, -0.05) is 18.2 Å². The molecule has 0 aliphatic carbocycles. The highest BCUT2D eigenvalue weighted by atomic mass is 16.5. The van der Waals surface area contributed by atoms with Gasteiger partial charge in [-0.05, 0) is 50.1 Å². The molecule has 2 nitrogen and oxygen atoms in total.